The van der Waals surface area contributed by atoms with Gasteiger partial charge in [-0.25, -0.2) is 0 Å². The molecule has 0 aromatic rings. The number of carboxylic acid groups (broad SMARTS) is 2. The van der Waals surface area contributed by atoms with Gasteiger partial charge >= 0.3 is 87.4 Å². The summed E-state index contributed by atoms with van der Waals surface area (Å²) in [6.45, 7) is 5.41. The second-order valence-corrected chi connectivity index (χ2v) is 7.97. The van der Waals surface area contributed by atoms with Crippen molar-refractivity contribution in [1.82, 2.24) is 10.6 Å². The van der Waals surface area contributed by atoms with Crippen LogP contribution >= 0.6 is 0 Å². The molecule has 0 spiro atoms. The zero-order valence-electron chi connectivity index (χ0n) is 17.7. The van der Waals surface area contributed by atoms with Crippen molar-refractivity contribution in [2.24, 2.45) is 10.8 Å². The van der Waals surface area contributed by atoms with Crippen LogP contribution in [0.15, 0.2) is 0 Å². The Kier molecular flexibility index (Phi) is 24.1. The van der Waals surface area contributed by atoms with Gasteiger partial charge in [0, 0.05) is 23.9 Å². The van der Waals surface area contributed by atoms with E-state index in [9.17, 15) is 29.4 Å². The molecule has 2 unspecified atom stereocenters. The van der Waals surface area contributed by atoms with Gasteiger partial charge in [0.15, 0.2) is 0 Å². The van der Waals surface area contributed by atoms with Crippen molar-refractivity contribution in [3.63, 3.8) is 0 Å². The van der Waals surface area contributed by atoms with E-state index in [0.29, 0.717) is 0 Å². The van der Waals surface area contributed by atoms with Gasteiger partial charge in [0.1, 0.15) is 12.2 Å². The van der Waals surface area contributed by atoms with Gasteiger partial charge in [-0.15, -0.1) is 0 Å². The first kappa shape index (κ1) is 39.5. The van der Waals surface area contributed by atoms with E-state index in [4.69, 9.17) is 20.4 Å². The number of hydrogen-bond donors (Lipinski definition) is 8. The van der Waals surface area contributed by atoms with E-state index in [0.717, 1.165) is 0 Å². The third kappa shape index (κ3) is 17.7. The molecule has 0 aromatic carbocycles. The fourth-order valence-corrected chi connectivity index (χ4v) is 1.66. The Labute approximate surface area is 247 Å². The van der Waals surface area contributed by atoms with Crippen LogP contribution in [0, 0.1) is 10.8 Å². The molecular weight excluding hydrogens is 484 g/mol. The zero-order valence-corrected chi connectivity index (χ0v) is 17.7. The molecule has 0 saturated heterocycles. The van der Waals surface area contributed by atoms with Crippen LogP contribution in [0.4, 0.5) is 0 Å². The van der Waals surface area contributed by atoms with E-state index in [1.165, 1.54) is 27.7 Å². The van der Waals surface area contributed by atoms with Crippen LogP contribution in [-0.2, 0) is 19.2 Å². The molecule has 2 amide bonds. The Bertz CT molecular complexity index is 538. The number of carboxylic acids is 2. The first-order valence-corrected chi connectivity index (χ1v) is 9.19. The maximum absolute atomic E-state index is 11.3. The molecule has 2 atom stereocenters. The summed E-state index contributed by atoms with van der Waals surface area (Å²) in [4.78, 5) is 42.8. The number of aliphatic carboxylic acids is 2. The van der Waals surface area contributed by atoms with Gasteiger partial charge in [-0.1, -0.05) is 27.7 Å². The monoisotopic (exact) mass is 522 g/mol. The van der Waals surface area contributed by atoms with Gasteiger partial charge in [0.05, 0.1) is 26.1 Å². The first-order valence-electron chi connectivity index (χ1n) is 9.19. The number of carbonyl (C=O) groups excluding carboxylic acids is 2. The normalized spacial score (nSPS) is 12.5. The van der Waals surface area contributed by atoms with Crippen molar-refractivity contribution in [1.29, 1.82) is 0 Å². The summed E-state index contributed by atoms with van der Waals surface area (Å²) in [6, 6.07) is 0. The molecule has 184 valence electrons. The molecule has 0 aromatic heterocycles. The van der Waals surface area contributed by atoms with E-state index in [2.05, 4.69) is 10.6 Å². The molecule has 32 heavy (non-hydrogen) atoms. The summed E-state index contributed by atoms with van der Waals surface area (Å²) < 4.78 is 0. The van der Waals surface area contributed by atoms with Crippen molar-refractivity contribution >= 4 is 99.2 Å². The molecule has 8 N–H and O–H groups in total. The average Bonchev–Trinajstić information content (AvgIpc) is 2.66. The molecule has 12 nitrogen and oxygen atoms in total. The average molecular weight is 523 g/mol. The van der Waals surface area contributed by atoms with Crippen LogP contribution in [-0.4, -0.2) is 168 Å². The van der Waals surface area contributed by atoms with E-state index in [1.54, 1.807) is 0 Å². The molecular formula is C18H38Ca2N2O10. The molecule has 0 saturated carbocycles. The van der Waals surface area contributed by atoms with E-state index in [-0.39, 0.29) is 115 Å². The number of amides is 2. The SMILES string of the molecule is CC(C)(CO)C(O)C(=O)NCCC(=O)O.CC(C)(CO)C(O)C(=O)NCCC(=O)O.[CaH2].[CaH2]. The summed E-state index contributed by atoms with van der Waals surface area (Å²) in [5.41, 5.74) is -1.87. The Morgan fingerprint density at radius 2 is 0.938 bits per heavy atom. The van der Waals surface area contributed by atoms with Gasteiger partial charge < -0.3 is 41.3 Å². The molecule has 0 fully saturated rings. The minimum absolute atomic E-state index is 0. The van der Waals surface area contributed by atoms with Gasteiger partial charge in [0.2, 0.25) is 11.8 Å². The van der Waals surface area contributed by atoms with Crippen LogP contribution in [0.5, 0.6) is 0 Å². The second-order valence-electron chi connectivity index (χ2n) is 7.97. The summed E-state index contributed by atoms with van der Waals surface area (Å²) in [6.07, 6.45) is -3.09. The summed E-state index contributed by atoms with van der Waals surface area (Å²) in [5, 5.41) is 57.9. The summed E-state index contributed by atoms with van der Waals surface area (Å²) in [7, 11) is 0. The predicted octanol–water partition coefficient (Wildman–Crippen LogP) is -3.92. The fraction of sp³-hybridized carbons (Fsp3) is 0.778. The molecule has 0 aliphatic heterocycles. The van der Waals surface area contributed by atoms with Crippen LogP contribution in [0.1, 0.15) is 40.5 Å². The van der Waals surface area contributed by atoms with Crippen LogP contribution in [0.25, 0.3) is 0 Å². The molecule has 0 heterocycles. The molecule has 0 radical (unpaired) electrons. The number of hydrogen-bond acceptors (Lipinski definition) is 8. The Morgan fingerprint density at radius 3 is 1.12 bits per heavy atom. The molecule has 0 bridgehead atoms. The van der Waals surface area contributed by atoms with Crippen LogP contribution in [0.3, 0.4) is 0 Å². The fourth-order valence-electron chi connectivity index (χ4n) is 1.66. The van der Waals surface area contributed by atoms with Crippen LogP contribution in [0.2, 0.25) is 0 Å². The predicted molar refractivity (Wildman–Crippen MR) is 121 cm³/mol. The number of nitrogens with one attached hydrogen (secondary N) is 2. The first-order chi connectivity index (χ1) is 13.6. The van der Waals surface area contributed by atoms with Gasteiger partial charge in [-0.2, -0.15) is 0 Å². The number of rotatable bonds is 12. The van der Waals surface area contributed by atoms with Crippen molar-refractivity contribution in [2.45, 2.75) is 52.7 Å². The van der Waals surface area contributed by atoms with Crippen LogP contribution < -0.4 is 10.6 Å². The summed E-state index contributed by atoms with van der Waals surface area (Å²) in [5.74, 6) is -3.39. The number of carbonyl (C=O) groups is 4. The zero-order chi connectivity index (χ0) is 24.1. The Hall–Kier alpha value is 0.239. The Balaban J connectivity index is -0.000000231. The van der Waals surface area contributed by atoms with E-state index in [1.807, 2.05) is 0 Å². The third-order valence-corrected chi connectivity index (χ3v) is 4.07. The van der Waals surface area contributed by atoms with Gasteiger partial charge in [0.25, 0.3) is 0 Å². The van der Waals surface area contributed by atoms with Crippen molar-refractivity contribution in [3.05, 3.63) is 0 Å². The molecule has 0 rings (SSSR count). The quantitative estimate of drug-likeness (QED) is 0.117. The van der Waals surface area contributed by atoms with Crippen molar-refractivity contribution in [2.75, 3.05) is 26.3 Å². The molecule has 14 heteroatoms. The topological polar surface area (TPSA) is 214 Å². The molecule has 0 aliphatic carbocycles. The number of aliphatic hydroxyl groups is 4. The standard InChI is InChI=1S/2C9H17NO5.2Ca.4H/c2*1-9(2,5-11)7(14)8(15)10-4-3-6(12)13;;;;;;/h2*7,11,14H,3-5H2,1-2H3,(H,10,15)(H,12,13);;;;;;. The third-order valence-electron chi connectivity index (χ3n) is 4.07. The van der Waals surface area contributed by atoms with E-state index < -0.39 is 46.8 Å². The second kappa shape index (κ2) is 19.5. The molecule has 0 aliphatic rings. The Morgan fingerprint density at radius 1 is 0.688 bits per heavy atom. The van der Waals surface area contributed by atoms with Gasteiger partial charge in [-0.05, 0) is 0 Å². The van der Waals surface area contributed by atoms with Gasteiger partial charge in [-0.3, -0.25) is 19.2 Å². The summed E-state index contributed by atoms with van der Waals surface area (Å²) >= 11 is 0. The van der Waals surface area contributed by atoms with Crippen molar-refractivity contribution in [3.8, 4) is 0 Å². The van der Waals surface area contributed by atoms with Crippen molar-refractivity contribution < 1.29 is 49.8 Å². The minimum atomic E-state index is -1.35. The number of aliphatic hydroxyl groups excluding tert-OH is 4. The maximum atomic E-state index is 11.3. The van der Waals surface area contributed by atoms with E-state index >= 15 is 0 Å².